The van der Waals surface area contributed by atoms with Gasteiger partial charge in [0.25, 0.3) is 0 Å². The molecule has 1 N–H and O–H groups in total. The molecule has 2 fully saturated rings. The third kappa shape index (κ3) is 4.19. The predicted molar refractivity (Wildman–Crippen MR) is 85.1 cm³/mol. The number of nitrogens with one attached hydrogen (secondary N) is 1. The number of hydrogen-bond acceptors (Lipinski definition) is 3. The second-order valence-corrected chi connectivity index (χ2v) is 7.21. The molecular formula is C17H34N2O. The molecule has 1 aliphatic carbocycles. The minimum atomic E-state index is 0.337. The number of nitrogens with zero attached hydrogens (tertiary/aromatic N) is 1. The first-order valence-electron chi connectivity index (χ1n) is 8.67. The molecule has 0 bridgehead atoms. The highest BCUT2D eigenvalue weighted by molar-refractivity contribution is 5.01. The van der Waals surface area contributed by atoms with Gasteiger partial charge in [0.15, 0.2) is 0 Å². The number of hydrogen-bond donors (Lipinski definition) is 1. The highest BCUT2D eigenvalue weighted by Crippen LogP contribution is 2.38. The van der Waals surface area contributed by atoms with Crippen molar-refractivity contribution in [3.8, 4) is 0 Å². The standard InChI is InChI=1S/C17H34N2O/c1-5-17(6-2)13-19(9-10-20-12-14(3)4)16(11-18-17)15-7-8-15/h14-16,18H,5-13H2,1-4H3. The van der Waals surface area contributed by atoms with E-state index in [0.29, 0.717) is 11.5 Å². The highest BCUT2D eigenvalue weighted by atomic mass is 16.5. The maximum Gasteiger partial charge on any atom is 0.0593 e. The molecule has 1 aliphatic heterocycles. The first-order chi connectivity index (χ1) is 9.60. The van der Waals surface area contributed by atoms with Gasteiger partial charge in [0.2, 0.25) is 0 Å². The van der Waals surface area contributed by atoms with Crippen molar-refractivity contribution in [3.63, 3.8) is 0 Å². The minimum Gasteiger partial charge on any atom is -0.380 e. The van der Waals surface area contributed by atoms with Crippen molar-refractivity contribution >= 4 is 0 Å². The monoisotopic (exact) mass is 282 g/mol. The van der Waals surface area contributed by atoms with Gasteiger partial charge in [-0.15, -0.1) is 0 Å². The number of rotatable bonds is 8. The van der Waals surface area contributed by atoms with Crippen LogP contribution in [0, 0.1) is 11.8 Å². The molecule has 2 aliphatic rings. The van der Waals surface area contributed by atoms with Gasteiger partial charge in [-0.25, -0.2) is 0 Å². The number of ether oxygens (including phenoxy) is 1. The van der Waals surface area contributed by atoms with Crippen LogP contribution >= 0.6 is 0 Å². The van der Waals surface area contributed by atoms with E-state index in [1.54, 1.807) is 0 Å². The summed E-state index contributed by atoms with van der Waals surface area (Å²) in [5.74, 6) is 1.59. The Morgan fingerprint density at radius 2 is 1.95 bits per heavy atom. The Kier molecular flexibility index (Phi) is 5.88. The summed E-state index contributed by atoms with van der Waals surface area (Å²) in [6.07, 6.45) is 5.32. The number of piperazine rings is 1. The van der Waals surface area contributed by atoms with Gasteiger partial charge in [-0.1, -0.05) is 27.7 Å². The van der Waals surface area contributed by atoms with Gasteiger partial charge in [0.05, 0.1) is 6.61 Å². The Morgan fingerprint density at radius 1 is 1.25 bits per heavy atom. The van der Waals surface area contributed by atoms with Gasteiger partial charge in [0.1, 0.15) is 0 Å². The fraction of sp³-hybridized carbons (Fsp3) is 1.00. The molecule has 1 saturated carbocycles. The summed E-state index contributed by atoms with van der Waals surface area (Å²) >= 11 is 0. The topological polar surface area (TPSA) is 24.5 Å². The second-order valence-electron chi connectivity index (χ2n) is 7.21. The van der Waals surface area contributed by atoms with E-state index in [9.17, 15) is 0 Å². The van der Waals surface area contributed by atoms with Gasteiger partial charge in [0, 0.05) is 37.8 Å². The zero-order chi connectivity index (χ0) is 14.6. The molecule has 118 valence electrons. The van der Waals surface area contributed by atoms with Crippen LogP contribution in [-0.2, 0) is 4.74 Å². The maximum atomic E-state index is 5.82. The van der Waals surface area contributed by atoms with Crippen LogP contribution in [-0.4, -0.2) is 49.3 Å². The normalized spacial score (nSPS) is 27.1. The average Bonchev–Trinajstić information content (AvgIpc) is 3.27. The van der Waals surface area contributed by atoms with E-state index in [1.165, 1.54) is 38.8 Å². The zero-order valence-corrected chi connectivity index (χ0v) is 14.0. The molecule has 0 aromatic heterocycles. The molecule has 0 aromatic rings. The third-order valence-electron chi connectivity index (χ3n) is 5.15. The Bertz CT molecular complexity index is 285. The Labute approximate surface area is 125 Å². The lowest BCUT2D eigenvalue weighted by atomic mass is 9.87. The Balaban J connectivity index is 1.86. The lowest BCUT2D eigenvalue weighted by Gasteiger charge is -2.48. The molecular weight excluding hydrogens is 248 g/mol. The van der Waals surface area contributed by atoms with Crippen LogP contribution in [0.2, 0.25) is 0 Å². The van der Waals surface area contributed by atoms with E-state index in [2.05, 4.69) is 37.9 Å². The summed E-state index contributed by atoms with van der Waals surface area (Å²) in [7, 11) is 0. The summed E-state index contributed by atoms with van der Waals surface area (Å²) < 4.78 is 5.82. The van der Waals surface area contributed by atoms with Crippen molar-refractivity contribution < 1.29 is 4.74 Å². The van der Waals surface area contributed by atoms with Gasteiger partial charge in [-0.05, 0) is 37.5 Å². The fourth-order valence-electron chi connectivity index (χ4n) is 3.43. The molecule has 1 heterocycles. The van der Waals surface area contributed by atoms with E-state index >= 15 is 0 Å². The van der Waals surface area contributed by atoms with Crippen molar-refractivity contribution in [3.05, 3.63) is 0 Å². The van der Waals surface area contributed by atoms with E-state index < -0.39 is 0 Å². The van der Waals surface area contributed by atoms with Crippen molar-refractivity contribution in [2.75, 3.05) is 32.8 Å². The molecule has 3 nitrogen and oxygen atoms in total. The van der Waals surface area contributed by atoms with E-state index in [-0.39, 0.29) is 0 Å². The van der Waals surface area contributed by atoms with E-state index in [1.807, 2.05) is 0 Å². The molecule has 1 unspecified atom stereocenters. The molecule has 1 atom stereocenters. The van der Waals surface area contributed by atoms with Crippen LogP contribution in [0.15, 0.2) is 0 Å². The predicted octanol–water partition coefficient (Wildman–Crippen LogP) is 2.90. The quantitative estimate of drug-likeness (QED) is 0.693. The van der Waals surface area contributed by atoms with Gasteiger partial charge >= 0.3 is 0 Å². The van der Waals surface area contributed by atoms with Crippen molar-refractivity contribution in [1.82, 2.24) is 10.2 Å². The SMILES string of the molecule is CCC1(CC)CN(CCOCC(C)C)C(C2CC2)CN1. The lowest BCUT2D eigenvalue weighted by Crippen LogP contribution is -2.64. The maximum absolute atomic E-state index is 5.82. The fourth-order valence-corrected chi connectivity index (χ4v) is 3.43. The molecule has 2 rings (SSSR count). The second kappa shape index (κ2) is 7.24. The van der Waals surface area contributed by atoms with Crippen LogP contribution in [0.3, 0.4) is 0 Å². The van der Waals surface area contributed by atoms with Crippen LogP contribution < -0.4 is 5.32 Å². The highest BCUT2D eigenvalue weighted by Gasteiger charge is 2.42. The van der Waals surface area contributed by atoms with Crippen LogP contribution in [0.25, 0.3) is 0 Å². The molecule has 0 amide bonds. The molecule has 1 saturated heterocycles. The summed E-state index contributed by atoms with van der Waals surface area (Å²) in [6, 6.07) is 0.754. The lowest BCUT2D eigenvalue weighted by molar-refractivity contribution is 0.0247. The van der Waals surface area contributed by atoms with Gasteiger partial charge in [-0.3, -0.25) is 4.90 Å². The van der Waals surface area contributed by atoms with Crippen LogP contribution in [0.5, 0.6) is 0 Å². The summed E-state index contributed by atoms with van der Waals surface area (Å²) in [5.41, 5.74) is 0.337. The first kappa shape index (κ1) is 16.3. The van der Waals surface area contributed by atoms with Crippen LogP contribution in [0.4, 0.5) is 0 Å². The van der Waals surface area contributed by atoms with Crippen LogP contribution in [0.1, 0.15) is 53.4 Å². The molecule has 3 heteroatoms. The summed E-state index contributed by atoms with van der Waals surface area (Å²) in [6.45, 7) is 14.4. The molecule has 0 spiro atoms. The van der Waals surface area contributed by atoms with Crippen molar-refractivity contribution in [2.24, 2.45) is 11.8 Å². The summed E-state index contributed by atoms with van der Waals surface area (Å²) in [5, 5.41) is 3.86. The summed E-state index contributed by atoms with van der Waals surface area (Å²) in [4.78, 5) is 2.72. The van der Waals surface area contributed by atoms with E-state index in [4.69, 9.17) is 4.74 Å². The van der Waals surface area contributed by atoms with E-state index in [0.717, 1.165) is 31.7 Å². The molecule has 0 aromatic carbocycles. The molecule has 20 heavy (non-hydrogen) atoms. The Morgan fingerprint density at radius 3 is 2.50 bits per heavy atom. The average molecular weight is 282 g/mol. The van der Waals surface area contributed by atoms with Gasteiger partial charge < -0.3 is 10.1 Å². The minimum absolute atomic E-state index is 0.337. The van der Waals surface area contributed by atoms with Gasteiger partial charge in [-0.2, -0.15) is 0 Å². The smallest absolute Gasteiger partial charge is 0.0593 e. The zero-order valence-electron chi connectivity index (χ0n) is 14.0. The van der Waals surface area contributed by atoms with Crippen molar-refractivity contribution in [2.45, 2.75) is 65.0 Å². The third-order valence-corrected chi connectivity index (χ3v) is 5.15. The van der Waals surface area contributed by atoms with Crippen molar-refractivity contribution in [1.29, 1.82) is 0 Å². The first-order valence-corrected chi connectivity index (χ1v) is 8.67. The largest absolute Gasteiger partial charge is 0.380 e. The molecule has 0 radical (unpaired) electrons. The Hall–Kier alpha value is -0.120.